The lowest BCUT2D eigenvalue weighted by Crippen LogP contribution is -2.30. The molecule has 27 heavy (non-hydrogen) atoms. The molecular weight excluding hydrogens is 364 g/mol. The van der Waals surface area contributed by atoms with Crippen molar-refractivity contribution in [2.24, 2.45) is 0 Å². The summed E-state index contributed by atoms with van der Waals surface area (Å²) in [5.41, 5.74) is 1.78. The number of hydrogen-bond acceptors (Lipinski definition) is 5. The van der Waals surface area contributed by atoms with Gasteiger partial charge in [-0.25, -0.2) is 13.2 Å². The molecule has 1 aliphatic rings. The van der Waals surface area contributed by atoms with Crippen molar-refractivity contribution in [2.75, 3.05) is 29.3 Å². The molecule has 2 aromatic rings. The maximum atomic E-state index is 12.8. The Morgan fingerprint density at radius 1 is 1.04 bits per heavy atom. The van der Waals surface area contributed by atoms with Crippen LogP contribution in [0.5, 0.6) is 0 Å². The van der Waals surface area contributed by atoms with Gasteiger partial charge < -0.3 is 9.64 Å². The highest BCUT2D eigenvalue weighted by molar-refractivity contribution is 7.92. The molecule has 0 saturated carbocycles. The van der Waals surface area contributed by atoms with E-state index in [9.17, 15) is 13.2 Å². The Kier molecular flexibility index (Phi) is 6.01. The highest BCUT2D eigenvalue weighted by atomic mass is 32.2. The zero-order valence-electron chi connectivity index (χ0n) is 15.3. The molecule has 1 aliphatic heterocycles. The van der Waals surface area contributed by atoms with Gasteiger partial charge in [0.2, 0.25) is 0 Å². The van der Waals surface area contributed by atoms with E-state index in [1.54, 1.807) is 13.0 Å². The number of carbonyl (C=O) groups excluding carboxylic acids is 1. The standard InChI is InChI=1S/C20H24N2O4S/c1-2-26-20(23)16-10-12-17(13-11-16)27(24,25)21-18-8-4-5-9-19(18)22-14-6-3-7-15-22/h4-5,8-13,21H,2-3,6-7,14-15H2,1H3. The lowest BCUT2D eigenvalue weighted by atomic mass is 10.1. The van der Waals surface area contributed by atoms with Crippen LogP contribution >= 0.6 is 0 Å². The van der Waals surface area contributed by atoms with Crippen molar-refractivity contribution in [3.63, 3.8) is 0 Å². The summed E-state index contributed by atoms with van der Waals surface area (Å²) < 4.78 is 33.2. The number of hydrogen-bond donors (Lipinski definition) is 1. The molecule has 0 radical (unpaired) electrons. The molecular formula is C20H24N2O4S. The first-order valence-electron chi connectivity index (χ1n) is 9.15. The van der Waals surface area contributed by atoms with Crippen LogP contribution in [-0.4, -0.2) is 34.1 Å². The second kappa shape index (κ2) is 8.43. The van der Waals surface area contributed by atoms with E-state index in [-0.39, 0.29) is 11.5 Å². The van der Waals surface area contributed by atoms with E-state index in [1.165, 1.54) is 30.7 Å². The average molecular weight is 388 g/mol. The van der Waals surface area contributed by atoms with E-state index in [2.05, 4.69) is 9.62 Å². The van der Waals surface area contributed by atoms with Gasteiger partial charge in [0, 0.05) is 13.1 Å². The molecule has 0 bridgehead atoms. The van der Waals surface area contributed by atoms with Crippen molar-refractivity contribution in [1.82, 2.24) is 0 Å². The first kappa shape index (κ1) is 19.2. The molecule has 1 fully saturated rings. The van der Waals surface area contributed by atoms with E-state index >= 15 is 0 Å². The summed E-state index contributed by atoms with van der Waals surface area (Å²) in [5.74, 6) is -0.468. The third-order valence-electron chi connectivity index (χ3n) is 4.52. The van der Waals surface area contributed by atoms with Gasteiger partial charge in [-0.3, -0.25) is 4.72 Å². The molecule has 6 nitrogen and oxygen atoms in total. The van der Waals surface area contributed by atoms with Gasteiger partial charge >= 0.3 is 5.97 Å². The van der Waals surface area contributed by atoms with Crippen molar-refractivity contribution < 1.29 is 17.9 Å². The van der Waals surface area contributed by atoms with Gasteiger partial charge in [0.1, 0.15) is 0 Å². The normalized spacial score (nSPS) is 14.6. The van der Waals surface area contributed by atoms with E-state index in [4.69, 9.17) is 4.74 Å². The number of anilines is 2. The van der Waals surface area contributed by atoms with E-state index in [0.29, 0.717) is 11.3 Å². The van der Waals surface area contributed by atoms with E-state index < -0.39 is 16.0 Å². The zero-order valence-corrected chi connectivity index (χ0v) is 16.2. The van der Waals surface area contributed by atoms with Crippen LogP contribution in [-0.2, 0) is 14.8 Å². The predicted octanol–water partition coefficient (Wildman–Crippen LogP) is 3.65. The van der Waals surface area contributed by atoms with Gasteiger partial charge in [-0.05, 0) is 62.6 Å². The molecule has 0 atom stereocenters. The smallest absolute Gasteiger partial charge is 0.338 e. The Labute approximate surface area is 160 Å². The van der Waals surface area contributed by atoms with E-state index in [0.717, 1.165) is 31.6 Å². The zero-order chi connectivity index (χ0) is 19.3. The molecule has 0 aromatic heterocycles. The molecule has 1 N–H and O–H groups in total. The average Bonchev–Trinajstić information content (AvgIpc) is 2.69. The molecule has 144 valence electrons. The fourth-order valence-electron chi connectivity index (χ4n) is 3.16. The third-order valence-corrected chi connectivity index (χ3v) is 5.90. The Bertz CT molecular complexity index is 888. The second-order valence-electron chi connectivity index (χ2n) is 6.42. The monoisotopic (exact) mass is 388 g/mol. The fourth-order valence-corrected chi connectivity index (χ4v) is 4.23. The van der Waals surface area contributed by atoms with Gasteiger partial charge in [0.05, 0.1) is 28.4 Å². The molecule has 0 spiro atoms. The van der Waals surface area contributed by atoms with Crippen molar-refractivity contribution in [3.8, 4) is 0 Å². The topological polar surface area (TPSA) is 75.7 Å². The van der Waals surface area contributed by atoms with Gasteiger partial charge in [0.25, 0.3) is 10.0 Å². The summed E-state index contributed by atoms with van der Waals surface area (Å²) in [4.78, 5) is 14.0. The lowest BCUT2D eigenvalue weighted by Gasteiger charge is -2.30. The molecule has 0 aliphatic carbocycles. The highest BCUT2D eigenvalue weighted by Gasteiger charge is 2.20. The lowest BCUT2D eigenvalue weighted by molar-refractivity contribution is 0.0526. The molecule has 2 aromatic carbocycles. The number of para-hydroxylation sites is 2. The Hall–Kier alpha value is -2.54. The summed E-state index contributed by atoms with van der Waals surface area (Å²) in [5, 5.41) is 0. The molecule has 0 unspecified atom stereocenters. The Balaban J connectivity index is 1.82. The maximum absolute atomic E-state index is 12.8. The van der Waals surface area contributed by atoms with Crippen molar-refractivity contribution >= 4 is 27.4 Å². The number of piperidine rings is 1. The van der Waals surface area contributed by atoms with Crippen LogP contribution in [0.15, 0.2) is 53.4 Å². The summed E-state index contributed by atoms with van der Waals surface area (Å²) in [6.07, 6.45) is 3.42. The van der Waals surface area contributed by atoms with Gasteiger partial charge in [0.15, 0.2) is 0 Å². The SMILES string of the molecule is CCOC(=O)c1ccc(S(=O)(=O)Nc2ccccc2N2CCCCC2)cc1. The summed E-state index contributed by atoms with van der Waals surface area (Å²) in [6.45, 7) is 3.84. The number of esters is 1. The quantitative estimate of drug-likeness (QED) is 0.765. The molecule has 1 saturated heterocycles. The minimum absolute atomic E-state index is 0.101. The van der Waals surface area contributed by atoms with E-state index in [1.807, 2.05) is 18.2 Å². The number of nitrogens with zero attached hydrogens (tertiary/aromatic N) is 1. The number of rotatable bonds is 6. The largest absolute Gasteiger partial charge is 0.462 e. The molecule has 0 amide bonds. The fraction of sp³-hybridized carbons (Fsp3) is 0.350. The Morgan fingerprint density at radius 3 is 2.37 bits per heavy atom. The van der Waals surface area contributed by atoms with Crippen LogP contribution in [0.4, 0.5) is 11.4 Å². The number of nitrogens with one attached hydrogen (secondary N) is 1. The van der Waals surface area contributed by atoms with Crippen molar-refractivity contribution in [2.45, 2.75) is 31.1 Å². The minimum Gasteiger partial charge on any atom is -0.462 e. The first-order chi connectivity index (χ1) is 13.0. The van der Waals surface area contributed by atoms with Crippen LogP contribution in [0.25, 0.3) is 0 Å². The number of sulfonamides is 1. The molecule has 7 heteroatoms. The first-order valence-corrected chi connectivity index (χ1v) is 10.6. The summed E-state index contributed by atoms with van der Waals surface area (Å²) >= 11 is 0. The van der Waals surface area contributed by atoms with Crippen LogP contribution in [0.3, 0.4) is 0 Å². The summed E-state index contributed by atoms with van der Waals surface area (Å²) in [7, 11) is -3.76. The van der Waals surface area contributed by atoms with Gasteiger partial charge in [-0.2, -0.15) is 0 Å². The Morgan fingerprint density at radius 2 is 1.70 bits per heavy atom. The van der Waals surface area contributed by atoms with Gasteiger partial charge in [-0.15, -0.1) is 0 Å². The molecule has 1 heterocycles. The third kappa shape index (κ3) is 4.60. The number of benzene rings is 2. The predicted molar refractivity (Wildman–Crippen MR) is 106 cm³/mol. The second-order valence-corrected chi connectivity index (χ2v) is 8.10. The van der Waals surface area contributed by atoms with Crippen molar-refractivity contribution in [3.05, 3.63) is 54.1 Å². The number of ether oxygens (including phenoxy) is 1. The molecule has 3 rings (SSSR count). The maximum Gasteiger partial charge on any atom is 0.338 e. The minimum atomic E-state index is -3.76. The van der Waals surface area contributed by atoms with Crippen LogP contribution < -0.4 is 9.62 Å². The van der Waals surface area contributed by atoms with Crippen molar-refractivity contribution in [1.29, 1.82) is 0 Å². The van der Waals surface area contributed by atoms with Gasteiger partial charge in [-0.1, -0.05) is 12.1 Å². The van der Waals surface area contributed by atoms with Crippen LogP contribution in [0.2, 0.25) is 0 Å². The van der Waals surface area contributed by atoms with Crippen LogP contribution in [0, 0.1) is 0 Å². The number of carbonyl (C=O) groups is 1. The summed E-state index contributed by atoms with van der Waals surface area (Å²) in [6, 6.07) is 13.2. The highest BCUT2D eigenvalue weighted by Crippen LogP contribution is 2.30. The van der Waals surface area contributed by atoms with Crippen LogP contribution in [0.1, 0.15) is 36.5 Å².